The summed E-state index contributed by atoms with van der Waals surface area (Å²) in [5.74, 6) is -0.460. The molecule has 0 aliphatic heterocycles. The minimum Gasteiger partial charge on any atom is -0.444 e. The summed E-state index contributed by atoms with van der Waals surface area (Å²) < 4.78 is 5.47. The van der Waals surface area contributed by atoms with E-state index in [1.807, 2.05) is 70.2 Å². The molecule has 0 bridgehead atoms. The van der Waals surface area contributed by atoms with Crippen LogP contribution in [0.4, 0.5) is 10.5 Å². The van der Waals surface area contributed by atoms with Crippen molar-refractivity contribution in [2.45, 2.75) is 91.5 Å². The summed E-state index contributed by atoms with van der Waals surface area (Å²) >= 11 is 0. The minimum absolute atomic E-state index is 0.103. The van der Waals surface area contributed by atoms with Crippen molar-refractivity contribution in [2.24, 2.45) is 5.92 Å². The number of ether oxygens (including phenoxy) is 1. The Bertz CT molecular complexity index is 1190. The zero-order chi connectivity index (χ0) is 28.9. The van der Waals surface area contributed by atoms with Crippen LogP contribution in [0.3, 0.4) is 0 Å². The van der Waals surface area contributed by atoms with Crippen molar-refractivity contribution in [2.75, 3.05) is 5.32 Å². The second kappa shape index (κ2) is 12.5. The van der Waals surface area contributed by atoms with Gasteiger partial charge in [0.2, 0.25) is 5.91 Å². The molecule has 7 heteroatoms. The number of carbonyl (C=O) groups is 3. The number of anilines is 1. The first-order chi connectivity index (χ1) is 18.3. The van der Waals surface area contributed by atoms with Crippen molar-refractivity contribution in [3.05, 3.63) is 71.3 Å². The third-order valence-corrected chi connectivity index (χ3v) is 6.61. The molecule has 0 radical (unpaired) electrons. The van der Waals surface area contributed by atoms with Gasteiger partial charge in [-0.1, -0.05) is 62.9 Å². The van der Waals surface area contributed by atoms with Crippen LogP contribution in [-0.2, 0) is 14.3 Å². The smallest absolute Gasteiger partial charge is 0.408 e. The van der Waals surface area contributed by atoms with Gasteiger partial charge in [0.05, 0.1) is 0 Å². The van der Waals surface area contributed by atoms with Crippen molar-refractivity contribution in [1.82, 2.24) is 10.2 Å². The molecule has 39 heavy (non-hydrogen) atoms. The van der Waals surface area contributed by atoms with Gasteiger partial charge in [0.25, 0.3) is 5.91 Å². The molecule has 1 aliphatic rings. The monoisotopic (exact) mass is 533 g/mol. The van der Waals surface area contributed by atoms with Crippen LogP contribution in [0.2, 0.25) is 0 Å². The Morgan fingerprint density at radius 3 is 2.23 bits per heavy atom. The van der Waals surface area contributed by atoms with Gasteiger partial charge < -0.3 is 20.3 Å². The quantitative estimate of drug-likeness (QED) is 0.362. The van der Waals surface area contributed by atoms with E-state index in [1.165, 1.54) is 0 Å². The molecule has 2 atom stereocenters. The second-order valence-electron chi connectivity index (χ2n) is 11.8. The lowest BCUT2D eigenvalue weighted by Gasteiger charge is -2.35. The van der Waals surface area contributed by atoms with Crippen LogP contribution in [0.25, 0.3) is 6.08 Å². The van der Waals surface area contributed by atoms with E-state index in [2.05, 4.69) is 17.2 Å². The van der Waals surface area contributed by atoms with E-state index in [4.69, 9.17) is 4.74 Å². The Balaban J connectivity index is 2.05. The Hall–Kier alpha value is -3.61. The van der Waals surface area contributed by atoms with Crippen LogP contribution in [0.15, 0.2) is 49.0 Å². The van der Waals surface area contributed by atoms with E-state index < -0.39 is 23.8 Å². The summed E-state index contributed by atoms with van der Waals surface area (Å²) in [4.78, 5) is 42.8. The van der Waals surface area contributed by atoms with Gasteiger partial charge in [0.1, 0.15) is 17.7 Å². The molecule has 0 heterocycles. The van der Waals surface area contributed by atoms with E-state index in [9.17, 15) is 14.4 Å². The average molecular weight is 534 g/mol. The van der Waals surface area contributed by atoms with Crippen molar-refractivity contribution >= 4 is 29.7 Å². The lowest BCUT2D eigenvalue weighted by Crippen LogP contribution is -2.53. The molecular formula is C32H43N3O4. The van der Waals surface area contributed by atoms with Gasteiger partial charge in [0.15, 0.2) is 0 Å². The molecule has 3 amide bonds. The number of benzene rings is 2. The highest BCUT2D eigenvalue weighted by atomic mass is 16.6. The number of carbonyl (C=O) groups excluding carboxylic acids is 3. The largest absolute Gasteiger partial charge is 0.444 e. The van der Waals surface area contributed by atoms with Gasteiger partial charge in [-0.15, -0.1) is 0 Å². The van der Waals surface area contributed by atoms with Gasteiger partial charge in [-0.3, -0.25) is 9.59 Å². The van der Waals surface area contributed by atoms with E-state index in [1.54, 1.807) is 31.7 Å². The highest BCUT2D eigenvalue weighted by Crippen LogP contribution is 2.37. The van der Waals surface area contributed by atoms with Gasteiger partial charge in [0, 0.05) is 11.7 Å². The van der Waals surface area contributed by atoms with Gasteiger partial charge >= 0.3 is 6.09 Å². The molecule has 210 valence electrons. The zero-order valence-corrected chi connectivity index (χ0v) is 24.3. The lowest BCUT2D eigenvalue weighted by molar-refractivity contribution is -0.141. The molecule has 2 unspecified atom stereocenters. The fourth-order valence-corrected chi connectivity index (χ4v) is 4.69. The number of amides is 3. The predicted molar refractivity (Wildman–Crippen MR) is 156 cm³/mol. The van der Waals surface area contributed by atoms with Crippen molar-refractivity contribution in [3.63, 3.8) is 0 Å². The number of alkyl carbamates (subject to hydrolysis) is 1. The SMILES string of the molecule is C=Cc1cccc(C(C(=O)Nc2c(C)cccc2C)N(C(=O)C(CC(C)C)NC(=O)OC(C)(C)C)C2CC2)c1. The maximum atomic E-state index is 14.3. The Morgan fingerprint density at radius 1 is 1.08 bits per heavy atom. The van der Waals surface area contributed by atoms with E-state index in [0.29, 0.717) is 12.0 Å². The maximum absolute atomic E-state index is 14.3. The second-order valence-corrected chi connectivity index (χ2v) is 11.8. The highest BCUT2D eigenvalue weighted by molar-refractivity contribution is 6.00. The summed E-state index contributed by atoms with van der Waals surface area (Å²) in [6.07, 6.45) is 3.07. The molecule has 1 fully saturated rings. The highest BCUT2D eigenvalue weighted by Gasteiger charge is 2.44. The van der Waals surface area contributed by atoms with E-state index in [0.717, 1.165) is 35.2 Å². The van der Waals surface area contributed by atoms with Crippen LogP contribution in [-0.4, -0.2) is 40.5 Å². The van der Waals surface area contributed by atoms with Crippen LogP contribution in [0, 0.1) is 19.8 Å². The molecule has 0 aromatic heterocycles. The zero-order valence-electron chi connectivity index (χ0n) is 24.3. The fourth-order valence-electron chi connectivity index (χ4n) is 4.69. The van der Waals surface area contributed by atoms with Crippen molar-refractivity contribution < 1.29 is 19.1 Å². The Morgan fingerprint density at radius 2 is 1.69 bits per heavy atom. The lowest BCUT2D eigenvalue weighted by atomic mass is 9.97. The van der Waals surface area contributed by atoms with Crippen LogP contribution < -0.4 is 10.6 Å². The normalized spacial score (nSPS) is 14.8. The van der Waals surface area contributed by atoms with Crippen LogP contribution >= 0.6 is 0 Å². The van der Waals surface area contributed by atoms with Crippen LogP contribution in [0.1, 0.15) is 82.2 Å². The predicted octanol–water partition coefficient (Wildman–Crippen LogP) is 6.56. The third kappa shape index (κ3) is 8.19. The summed E-state index contributed by atoms with van der Waals surface area (Å²) in [6.45, 7) is 17.1. The molecule has 0 spiro atoms. The molecule has 3 rings (SSSR count). The standard InChI is InChI=1S/C32H43N3O4/c1-9-23-14-11-15-24(19-23)28(29(36)34-27-21(4)12-10-13-22(27)5)35(25-16-17-25)30(37)26(18-20(2)3)33-31(38)39-32(6,7)8/h9-15,19-20,25-26,28H,1,16-18H2,2-8H3,(H,33,38)(H,34,36). The Kier molecular flexibility index (Phi) is 9.59. The molecule has 2 aromatic carbocycles. The van der Waals surface area contributed by atoms with Gasteiger partial charge in [-0.25, -0.2) is 4.79 Å². The first-order valence-corrected chi connectivity index (χ1v) is 13.7. The first-order valence-electron chi connectivity index (χ1n) is 13.7. The molecule has 7 nitrogen and oxygen atoms in total. The van der Waals surface area contributed by atoms with Gasteiger partial charge in [-0.05, 0) is 88.1 Å². The Labute approximate surface area is 233 Å². The van der Waals surface area contributed by atoms with Crippen LogP contribution in [0.5, 0.6) is 0 Å². The molecular weight excluding hydrogens is 490 g/mol. The topological polar surface area (TPSA) is 87.7 Å². The van der Waals surface area contributed by atoms with E-state index >= 15 is 0 Å². The minimum atomic E-state index is -0.890. The van der Waals surface area contributed by atoms with Gasteiger partial charge in [-0.2, -0.15) is 0 Å². The molecule has 1 saturated carbocycles. The molecule has 2 N–H and O–H groups in total. The number of nitrogens with zero attached hydrogens (tertiary/aromatic N) is 1. The number of rotatable bonds is 10. The number of nitrogens with one attached hydrogen (secondary N) is 2. The molecule has 2 aromatic rings. The van der Waals surface area contributed by atoms with Crippen molar-refractivity contribution in [1.29, 1.82) is 0 Å². The number of hydrogen-bond acceptors (Lipinski definition) is 4. The average Bonchev–Trinajstić information content (AvgIpc) is 3.67. The summed E-state index contributed by atoms with van der Waals surface area (Å²) in [7, 11) is 0. The number of para-hydroxylation sites is 1. The molecule has 0 saturated heterocycles. The number of aryl methyl sites for hydroxylation is 2. The fraction of sp³-hybridized carbons (Fsp3) is 0.469. The maximum Gasteiger partial charge on any atom is 0.408 e. The summed E-state index contributed by atoms with van der Waals surface area (Å²) in [5, 5.41) is 5.92. The molecule has 1 aliphatic carbocycles. The third-order valence-electron chi connectivity index (χ3n) is 6.61. The summed E-state index contributed by atoms with van der Waals surface area (Å²) in [6, 6.07) is 11.5. The number of hydrogen-bond donors (Lipinski definition) is 2. The summed E-state index contributed by atoms with van der Waals surface area (Å²) in [5.41, 5.74) is 3.46. The van der Waals surface area contributed by atoms with E-state index in [-0.39, 0.29) is 23.8 Å². The first kappa shape index (κ1) is 29.9. The van der Waals surface area contributed by atoms with Crippen molar-refractivity contribution in [3.8, 4) is 0 Å².